The SMILES string of the molecule is CCCCSCC(=O)Nc1cc(Cl)cc(C(=O)O)c1. The predicted molar refractivity (Wildman–Crippen MR) is 79.3 cm³/mol. The molecule has 1 aromatic carbocycles. The Morgan fingerprint density at radius 3 is 2.74 bits per heavy atom. The molecule has 1 aromatic rings. The lowest BCUT2D eigenvalue weighted by Gasteiger charge is -2.07. The molecule has 2 N–H and O–H groups in total. The van der Waals surface area contributed by atoms with Gasteiger partial charge in [-0.1, -0.05) is 24.9 Å². The number of amides is 1. The van der Waals surface area contributed by atoms with Crippen LogP contribution >= 0.6 is 23.4 Å². The molecule has 1 rings (SSSR count). The van der Waals surface area contributed by atoms with Gasteiger partial charge in [0.15, 0.2) is 0 Å². The fraction of sp³-hybridized carbons (Fsp3) is 0.385. The molecular weight excluding hydrogens is 286 g/mol. The van der Waals surface area contributed by atoms with Crippen molar-refractivity contribution in [1.29, 1.82) is 0 Å². The van der Waals surface area contributed by atoms with Gasteiger partial charge < -0.3 is 10.4 Å². The number of anilines is 1. The van der Waals surface area contributed by atoms with Crippen LogP contribution in [0.1, 0.15) is 30.1 Å². The molecular formula is C13H16ClNO3S. The molecule has 19 heavy (non-hydrogen) atoms. The van der Waals surface area contributed by atoms with Gasteiger partial charge in [0, 0.05) is 10.7 Å². The highest BCUT2D eigenvalue weighted by Crippen LogP contribution is 2.19. The molecule has 0 atom stereocenters. The third-order valence-corrected chi connectivity index (χ3v) is 3.57. The number of carboxylic acids is 1. The van der Waals surface area contributed by atoms with E-state index in [0.29, 0.717) is 11.4 Å². The summed E-state index contributed by atoms with van der Waals surface area (Å²) in [5.41, 5.74) is 0.465. The van der Waals surface area contributed by atoms with Gasteiger partial charge in [0.1, 0.15) is 0 Å². The molecule has 0 saturated carbocycles. The van der Waals surface area contributed by atoms with E-state index in [1.165, 1.54) is 18.2 Å². The van der Waals surface area contributed by atoms with Gasteiger partial charge in [0.2, 0.25) is 5.91 Å². The molecule has 4 nitrogen and oxygen atoms in total. The zero-order valence-electron chi connectivity index (χ0n) is 10.6. The molecule has 0 fully saturated rings. The second-order valence-corrected chi connectivity index (χ2v) is 5.53. The zero-order valence-corrected chi connectivity index (χ0v) is 12.2. The number of benzene rings is 1. The fourth-order valence-electron chi connectivity index (χ4n) is 1.39. The summed E-state index contributed by atoms with van der Waals surface area (Å²) in [5.74, 6) is 0.0735. The summed E-state index contributed by atoms with van der Waals surface area (Å²) in [6.45, 7) is 2.10. The van der Waals surface area contributed by atoms with Crippen LogP contribution in [0.15, 0.2) is 18.2 Å². The highest BCUT2D eigenvalue weighted by Gasteiger charge is 2.08. The minimum Gasteiger partial charge on any atom is -0.478 e. The van der Waals surface area contributed by atoms with Crippen LogP contribution in [-0.4, -0.2) is 28.5 Å². The number of aromatic carboxylic acids is 1. The molecule has 1 amide bonds. The Balaban J connectivity index is 2.56. The maximum atomic E-state index is 11.6. The van der Waals surface area contributed by atoms with Gasteiger partial charge in [0.05, 0.1) is 11.3 Å². The van der Waals surface area contributed by atoms with E-state index in [1.807, 2.05) is 0 Å². The van der Waals surface area contributed by atoms with E-state index in [9.17, 15) is 9.59 Å². The first-order valence-corrected chi connectivity index (χ1v) is 7.47. The molecule has 0 heterocycles. The van der Waals surface area contributed by atoms with Crippen LogP contribution in [0.3, 0.4) is 0 Å². The van der Waals surface area contributed by atoms with Crippen LogP contribution in [0, 0.1) is 0 Å². The van der Waals surface area contributed by atoms with E-state index >= 15 is 0 Å². The number of nitrogens with one attached hydrogen (secondary N) is 1. The van der Waals surface area contributed by atoms with Crippen molar-refractivity contribution in [3.8, 4) is 0 Å². The Labute approximate surface area is 121 Å². The maximum Gasteiger partial charge on any atom is 0.335 e. The quantitative estimate of drug-likeness (QED) is 0.756. The lowest BCUT2D eigenvalue weighted by Crippen LogP contribution is -2.14. The first-order valence-electron chi connectivity index (χ1n) is 5.94. The number of thioether (sulfide) groups is 1. The number of carbonyl (C=O) groups is 2. The van der Waals surface area contributed by atoms with Crippen molar-refractivity contribution < 1.29 is 14.7 Å². The van der Waals surface area contributed by atoms with E-state index in [1.54, 1.807) is 11.8 Å². The van der Waals surface area contributed by atoms with Crippen LogP contribution in [0.25, 0.3) is 0 Å². The number of hydrogen-bond acceptors (Lipinski definition) is 3. The van der Waals surface area contributed by atoms with E-state index in [-0.39, 0.29) is 16.5 Å². The Hall–Kier alpha value is -1.20. The highest BCUT2D eigenvalue weighted by atomic mass is 35.5. The molecule has 0 bridgehead atoms. The van der Waals surface area contributed by atoms with Crippen LogP contribution < -0.4 is 5.32 Å². The minimum absolute atomic E-state index is 0.0569. The standard InChI is InChI=1S/C13H16ClNO3S/c1-2-3-4-19-8-12(16)15-11-6-9(13(17)18)5-10(14)7-11/h5-7H,2-4,8H2,1H3,(H,15,16)(H,17,18). The number of rotatable bonds is 7. The average molecular weight is 302 g/mol. The van der Waals surface area contributed by atoms with E-state index < -0.39 is 5.97 Å². The zero-order chi connectivity index (χ0) is 14.3. The van der Waals surface area contributed by atoms with Crippen molar-refractivity contribution in [1.82, 2.24) is 0 Å². The Morgan fingerprint density at radius 2 is 2.11 bits per heavy atom. The number of carboxylic acid groups (broad SMARTS) is 1. The summed E-state index contributed by atoms with van der Waals surface area (Å²) in [6, 6.07) is 4.26. The molecule has 0 spiro atoms. The Bertz CT molecular complexity index is 465. The van der Waals surface area contributed by atoms with Gasteiger partial charge in [0.25, 0.3) is 0 Å². The van der Waals surface area contributed by atoms with E-state index in [0.717, 1.165) is 18.6 Å². The molecule has 0 radical (unpaired) electrons. The summed E-state index contributed by atoms with van der Waals surface area (Å²) < 4.78 is 0. The van der Waals surface area contributed by atoms with Gasteiger partial charge >= 0.3 is 5.97 Å². The van der Waals surface area contributed by atoms with Crippen molar-refractivity contribution in [3.05, 3.63) is 28.8 Å². The van der Waals surface area contributed by atoms with Crippen molar-refractivity contribution in [3.63, 3.8) is 0 Å². The number of unbranched alkanes of at least 4 members (excludes halogenated alkanes) is 1. The smallest absolute Gasteiger partial charge is 0.335 e. The minimum atomic E-state index is -1.07. The highest BCUT2D eigenvalue weighted by molar-refractivity contribution is 7.99. The summed E-state index contributed by atoms with van der Waals surface area (Å²) >= 11 is 7.36. The summed E-state index contributed by atoms with van der Waals surface area (Å²) in [7, 11) is 0. The lowest BCUT2D eigenvalue weighted by molar-refractivity contribution is -0.113. The van der Waals surface area contributed by atoms with Gasteiger partial charge in [-0.25, -0.2) is 4.79 Å². The summed E-state index contributed by atoms with van der Waals surface area (Å²) in [6.07, 6.45) is 2.18. The van der Waals surface area contributed by atoms with Crippen LogP contribution in [-0.2, 0) is 4.79 Å². The van der Waals surface area contributed by atoms with Crippen molar-refractivity contribution in [2.75, 3.05) is 16.8 Å². The van der Waals surface area contributed by atoms with Gasteiger partial charge in [-0.2, -0.15) is 11.8 Å². The second kappa shape index (κ2) is 8.07. The number of hydrogen-bond donors (Lipinski definition) is 2. The summed E-state index contributed by atoms with van der Waals surface area (Å²) in [5, 5.41) is 11.8. The third kappa shape index (κ3) is 5.98. The first-order chi connectivity index (χ1) is 9.02. The second-order valence-electron chi connectivity index (χ2n) is 3.99. The van der Waals surface area contributed by atoms with Crippen LogP contribution in [0.5, 0.6) is 0 Å². The first kappa shape index (κ1) is 15.9. The average Bonchev–Trinajstić information content (AvgIpc) is 2.34. The van der Waals surface area contributed by atoms with Gasteiger partial charge in [-0.05, 0) is 30.4 Å². The van der Waals surface area contributed by atoms with Crippen molar-refractivity contribution in [2.45, 2.75) is 19.8 Å². The van der Waals surface area contributed by atoms with Crippen molar-refractivity contribution >= 4 is 40.9 Å². The lowest BCUT2D eigenvalue weighted by atomic mass is 10.2. The Kier molecular flexibility index (Phi) is 6.73. The van der Waals surface area contributed by atoms with E-state index in [4.69, 9.17) is 16.7 Å². The molecule has 6 heteroatoms. The third-order valence-electron chi connectivity index (χ3n) is 2.30. The van der Waals surface area contributed by atoms with E-state index in [2.05, 4.69) is 12.2 Å². The molecule has 0 aliphatic carbocycles. The number of carbonyl (C=O) groups excluding carboxylic acids is 1. The topological polar surface area (TPSA) is 66.4 Å². The van der Waals surface area contributed by atoms with Crippen LogP contribution in [0.4, 0.5) is 5.69 Å². The largest absolute Gasteiger partial charge is 0.478 e. The molecule has 0 aromatic heterocycles. The maximum absolute atomic E-state index is 11.6. The van der Waals surface area contributed by atoms with Crippen LogP contribution in [0.2, 0.25) is 5.02 Å². The normalized spacial score (nSPS) is 10.2. The molecule has 0 saturated heterocycles. The monoisotopic (exact) mass is 301 g/mol. The number of halogens is 1. The molecule has 0 unspecified atom stereocenters. The Morgan fingerprint density at radius 1 is 1.37 bits per heavy atom. The fourth-order valence-corrected chi connectivity index (χ4v) is 2.52. The predicted octanol–water partition coefficient (Wildman–Crippen LogP) is 3.51. The molecule has 0 aliphatic rings. The molecule has 104 valence electrons. The van der Waals surface area contributed by atoms with Gasteiger partial charge in [-0.15, -0.1) is 0 Å². The van der Waals surface area contributed by atoms with Crippen molar-refractivity contribution in [2.24, 2.45) is 0 Å². The molecule has 0 aliphatic heterocycles. The van der Waals surface area contributed by atoms with Gasteiger partial charge in [-0.3, -0.25) is 4.79 Å². The summed E-state index contributed by atoms with van der Waals surface area (Å²) in [4.78, 5) is 22.5.